The molecule has 0 aliphatic carbocycles. The minimum atomic E-state index is -0.167. The predicted molar refractivity (Wildman–Crippen MR) is 278 cm³/mol. The number of aliphatic hydroxyl groups is 1. The lowest BCUT2D eigenvalue weighted by Crippen LogP contribution is -2.27. The van der Waals surface area contributed by atoms with E-state index in [1.807, 2.05) is 133 Å². The van der Waals surface area contributed by atoms with Gasteiger partial charge in [0.1, 0.15) is 6.29 Å². The zero-order chi connectivity index (χ0) is 50.6. The average Bonchev–Trinajstić information content (AvgIpc) is 3.39. The summed E-state index contributed by atoms with van der Waals surface area (Å²) in [5, 5.41) is 35.1. The molecule has 0 aliphatic heterocycles. The first-order valence-electron chi connectivity index (χ1n) is 22.0. The number of methoxy groups -OCH3 is 3. The molecule has 0 amide bonds. The van der Waals surface area contributed by atoms with Crippen LogP contribution < -0.4 is 30.1 Å². The smallest absolute Gasteiger partial charge is 0.247 e. The number of phenolic OH excluding ortho intramolecular Hbond substituents is 2. The number of rotatable bonds is 12. The van der Waals surface area contributed by atoms with Gasteiger partial charge in [-0.1, -0.05) is 121 Å². The van der Waals surface area contributed by atoms with Gasteiger partial charge in [-0.3, -0.25) is 9.80 Å². The number of ether oxygens (including phenoxy) is 3. The molecule has 6 aromatic carbocycles. The van der Waals surface area contributed by atoms with Gasteiger partial charge in [0.2, 0.25) is 17.6 Å². The van der Waals surface area contributed by atoms with Crippen molar-refractivity contribution in [1.29, 1.82) is 0 Å². The van der Waals surface area contributed by atoms with E-state index in [-0.39, 0.29) is 17.6 Å². The molecule has 15 heteroatoms. The quantitative estimate of drug-likeness (QED) is 0.0390. The number of aromatic hydroxyl groups is 2. The van der Waals surface area contributed by atoms with E-state index in [2.05, 4.69) is 15.1 Å². The third-order valence-corrected chi connectivity index (χ3v) is 9.84. The predicted octanol–water partition coefficient (Wildman–Crippen LogP) is 10.0. The number of hydrogen-bond donors (Lipinski definition) is 4. The van der Waals surface area contributed by atoms with Gasteiger partial charge in [0.15, 0.2) is 23.0 Å². The lowest BCUT2D eigenvalue weighted by molar-refractivity contribution is 0.112. The summed E-state index contributed by atoms with van der Waals surface area (Å²) >= 11 is 0. The van der Waals surface area contributed by atoms with E-state index in [4.69, 9.17) is 35.1 Å². The van der Waals surface area contributed by atoms with Crippen LogP contribution in [0, 0.1) is 6.92 Å². The van der Waals surface area contributed by atoms with Crippen LogP contribution in [0.1, 0.15) is 35.3 Å². The molecule has 0 radical (unpaired) electrons. The fourth-order valence-corrected chi connectivity index (χ4v) is 6.39. The molecule has 0 saturated carbocycles. The number of hydrazone groups is 1. The summed E-state index contributed by atoms with van der Waals surface area (Å²) in [5.41, 5.74) is 9.21. The second-order valence-corrected chi connectivity index (χ2v) is 15.6. The third-order valence-electron chi connectivity index (χ3n) is 9.84. The number of aldehydes is 1. The Labute approximate surface area is 408 Å². The minimum Gasteiger partial charge on any atom is -0.504 e. The molecular weight excluding hydrogens is 885 g/mol. The van der Waals surface area contributed by atoms with Gasteiger partial charge in [0.05, 0.1) is 50.3 Å². The van der Waals surface area contributed by atoms with Crippen molar-refractivity contribution in [3.05, 3.63) is 174 Å². The number of aromatic nitrogens is 4. The van der Waals surface area contributed by atoms with Gasteiger partial charge in [-0.15, -0.1) is 0 Å². The molecule has 0 unspecified atom stereocenters. The maximum absolute atomic E-state index is 10.4. The summed E-state index contributed by atoms with van der Waals surface area (Å²) < 4.78 is 15.3. The fourth-order valence-electron chi connectivity index (χ4n) is 6.39. The number of hydrogen-bond acceptors (Lipinski definition) is 15. The average molecular weight is 943 g/mol. The van der Waals surface area contributed by atoms with Gasteiger partial charge in [-0.05, 0) is 62.7 Å². The van der Waals surface area contributed by atoms with E-state index >= 15 is 0 Å². The normalized spacial score (nSPS) is 10.4. The number of carbonyl (C=O) groups is 1. The lowest BCUT2D eigenvalue weighted by Gasteiger charge is -2.14. The minimum absolute atomic E-state index is 0.0584. The number of carbonyl (C=O) groups excluding carboxylic acids is 1. The molecule has 0 fully saturated rings. The molecule has 70 heavy (non-hydrogen) atoms. The number of nitrogens with zero attached hydrogens (tertiary/aromatic N) is 7. The van der Waals surface area contributed by atoms with Crippen LogP contribution in [-0.4, -0.2) is 89.3 Å². The molecule has 2 aromatic heterocycles. The zero-order valence-electron chi connectivity index (χ0n) is 40.4. The third kappa shape index (κ3) is 14.9. The van der Waals surface area contributed by atoms with Crippen LogP contribution in [-0.2, 0) is 0 Å². The Kier molecular flexibility index (Phi) is 19.5. The summed E-state index contributed by atoms with van der Waals surface area (Å²) in [5.74, 6) is 7.71. The van der Waals surface area contributed by atoms with Crippen molar-refractivity contribution < 1.29 is 34.3 Å². The zero-order valence-corrected chi connectivity index (χ0v) is 40.4. The van der Waals surface area contributed by atoms with Crippen molar-refractivity contribution in [3.8, 4) is 73.8 Å². The molecule has 15 nitrogen and oxygen atoms in total. The van der Waals surface area contributed by atoms with E-state index < -0.39 is 0 Å². The second kappa shape index (κ2) is 26.0. The summed E-state index contributed by atoms with van der Waals surface area (Å²) in [6.07, 6.45) is 2.18. The fraction of sp³-hybridized carbons (Fsp3) is 0.164. The van der Waals surface area contributed by atoms with Crippen LogP contribution in [0.3, 0.4) is 0 Å². The van der Waals surface area contributed by atoms with E-state index in [1.54, 1.807) is 64.3 Å². The first-order valence-corrected chi connectivity index (χ1v) is 22.0. The number of phenols is 2. The first kappa shape index (κ1) is 52.3. The van der Waals surface area contributed by atoms with Crippen LogP contribution in [0.2, 0.25) is 0 Å². The number of aliphatic hydroxyl groups excluding tert-OH is 1. The van der Waals surface area contributed by atoms with E-state index in [0.717, 1.165) is 51.3 Å². The Balaban J connectivity index is 0.000000209. The van der Waals surface area contributed by atoms with Crippen molar-refractivity contribution in [2.45, 2.75) is 26.9 Å². The number of anilines is 2. The lowest BCUT2D eigenvalue weighted by atomic mass is 10.1. The molecule has 360 valence electrons. The molecule has 8 aromatic rings. The topological polar surface area (TPSA) is 202 Å². The van der Waals surface area contributed by atoms with Crippen LogP contribution in [0.5, 0.6) is 28.7 Å². The first-order chi connectivity index (χ1) is 33.7. The van der Waals surface area contributed by atoms with Gasteiger partial charge >= 0.3 is 0 Å². The molecular formula is C55H58N8O7. The van der Waals surface area contributed by atoms with Crippen LogP contribution in [0.4, 0.5) is 11.9 Å². The molecule has 8 rings (SSSR count). The van der Waals surface area contributed by atoms with Gasteiger partial charge in [0.25, 0.3) is 0 Å². The summed E-state index contributed by atoms with van der Waals surface area (Å²) in [6.45, 7) is 5.16. The summed E-state index contributed by atoms with van der Waals surface area (Å²) in [7, 11) is 7.93. The Morgan fingerprint density at radius 3 is 1.20 bits per heavy atom. The van der Waals surface area contributed by atoms with E-state index in [1.165, 1.54) is 32.4 Å². The molecule has 0 bridgehead atoms. The highest BCUT2D eigenvalue weighted by atomic mass is 16.5. The monoisotopic (exact) mass is 942 g/mol. The van der Waals surface area contributed by atoms with Crippen molar-refractivity contribution in [3.63, 3.8) is 0 Å². The number of hydrazine groups is 1. The van der Waals surface area contributed by atoms with Gasteiger partial charge in [-0.2, -0.15) is 5.10 Å². The van der Waals surface area contributed by atoms with Gasteiger partial charge < -0.3 is 29.5 Å². The summed E-state index contributed by atoms with van der Waals surface area (Å²) in [6, 6.07) is 50.3. The number of benzene rings is 6. The van der Waals surface area contributed by atoms with Gasteiger partial charge in [0, 0.05) is 53.6 Å². The maximum atomic E-state index is 10.4. The van der Waals surface area contributed by atoms with Crippen molar-refractivity contribution in [2.75, 3.05) is 45.4 Å². The van der Waals surface area contributed by atoms with Crippen molar-refractivity contribution in [2.24, 2.45) is 10.9 Å². The van der Waals surface area contributed by atoms with Crippen LogP contribution in [0.25, 0.3) is 45.0 Å². The standard InChI is InChI=1S/C26H24N4O3.C17H16N4.C9H10O3.C3H8O/c1-30(27-17-18-14-23(32-2)25(31)24(15-18)33-3)26-28-21(19-10-6-4-7-11-19)16-22(29-26)20-12-8-5-9-13-20;1-21(18)17-19-15(13-8-4-2-5-9-13)12-16(20-17)14-10-6-3-7-11-14;1-6-3-7(5-10)4-8(12-2)9(6)11;1-3(2)4/h4-17,31H,1-3H3;2-12H,18H2,1H3;3-5,11H,1-2H3;3-4H,1-2H3/b27-17-;;;. The molecule has 0 spiro atoms. The number of nitrogens with two attached hydrogens (primary N) is 1. The van der Waals surface area contributed by atoms with Crippen LogP contribution >= 0.6 is 0 Å². The molecule has 0 aliphatic rings. The Hall–Kier alpha value is -8.66. The maximum Gasteiger partial charge on any atom is 0.247 e. The molecule has 0 saturated heterocycles. The highest BCUT2D eigenvalue weighted by Gasteiger charge is 2.14. The van der Waals surface area contributed by atoms with Gasteiger partial charge in [-0.25, -0.2) is 30.8 Å². The Morgan fingerprint density at radius 2 is 0.871 bits per heavy atom. The highest BCUT2D eigenvalue weighted by molar-refractivity contribution is 5.83. The number of aryl methyl sites for hydroxylation is 1. The Bertz CT molecular complexity index is 2780. The molecule has 0 atom stereocenters. The molecule has 5 N–H and O–H groups in total. The van der Waals surface area contributed by atoms with E-state index in [0.29, 0.717) is 45.8 Å². The largest absolute Gasteiger partial charge is 0.504 e. The van der Waals surface area contributed by atoms with Crippen molar-refractivity contribution in [1.82, 2.24) is 19.9 Å². The van der Waals surface area contributed by atoms with Crippen molar-refractivity contribution >= 4 is 24.4 Å². The Morgan fingerprint density at radius 1 is 0.543 bits per heavy atom. The van der Waals surface area contributed by atoms with Crippen LogP contribution in [0.15, 0.2) is 163 Å². The summed E-state index contributed by atoms with van der Waals surface area (Å²) in [4.78, 5) is 28.9. The van der Waals surface area contributed by atoms with E-state index in [9.17, 15) is 15.0 Å². The molecule has 2 heterocycles. The SMILES string of the molecule is CC(C)O.CN(N)c1nc(-c2ccccc2)cc(-c2ccccc2)n1.COc1cc(/C=N\N(C)c2nc(-c3ccccc3)cc(-c3ccccc3)n2)cc(OC)c1O.COc1cc(C=O)cc(C)c1O. The second-order valence-electron chi connectivity index (χ2n) is 15.6. The highest BCUT2D eigenvalue weighted by Crippen LogP contribution is 2.37.